The number of likely N-dealkylation sites (tertiary alicyclic amines) is 1. The molecule has 0 saturated carbocycles. The van der Waals surface area contributed by atoms with E-state index < -0.39 is 17.2 Å². The Morgan fingerprint density at radius 3 is 2.30 bits per heavy atom. The highest BCUT2D eigenvalue weighted by Gasteiger charge is 2.54. The van der Waals surface area contributed by atoms with Crippen molar-refractivity contribution in [1.82, 2.24) is 4.90 Å². The van der Waals surface area contributed by atoms with Crippen molar-refractivity contribution in [3.63, 3.8) is 0 Å². The predicted molar refractivity (Wildman–Crippen MR) is 76.2 cm³/mol. The average molecular weight is 275 g/mol. The van der Waals surface area contributed by atoms with Crippen LogP contribution in [0.2, 0.25) is 0 Å². The Morgan fingerprint density at radius 1 is 1.20 bits per heavy atom. The van der Waals surface area contributed by atoms with E-state index in [0.29, 0.717) is 6.42 Å². The topological polar surface area (TPSA) is 46.6 Å². The first-order valence-electron chi connectivity index (χ1n) is 6.79. The number of amides is 1. The van der Waals surface area contributed by atoms with Crippen molar-refractivity contribution < 1.29 is 14.3 Å². The smallest absolute Gasteiger partial charge is 0.411 e. The molecule has 1 aromatic rings. The molecule has 20 heavy (non-hydrogen) atoms. The van der Waals surface area contributed by atoms with Crippen molar-refractivity contribution in [2.75, 3.05) is 0 Å². The molecule has 0 aromatic heterocycles. The summed E-state index contributed by atoms with van der Waals surface area (Å²) < 4.78 is 5.37. The lowest BCUT2D eigenvalue weighted by atomic mass is 9.99. The summed E-state index contributed by atoms with van der Waals surface area (Å²) in [5, 5.41) is 0. The van der Waals surface area contributed by atoms with Crippen molar-refractivity contribution in [1.29, 1.82) is 0 Å². The second kappa shape index (κ2) is 4.93. The number of Topliss-reactive ketones (excluding diaryl/α,β-unsaturated/α-hetero) is 1. The summed E-state index contributed by atoms with van der Waals surface area (Å²) in [7, 11) is 0. The van der Waals surface area contributed by atoms with Crippen LogP contribution in [0.25, 0.3) is 0 Å². The molecule has 1 aliphatic heterocycles. The zero-order chi connectivity index (χ0) is 15.0. The van der Waals surface area contributed by atoms with Gasteiger partial charge in [-0.15, -0.1) is 0 Å². The first-order valence-corrected chi connectivity index (χ1v) is 6.79. The Morgan fingerprint density at radius 2 is 1.80 bits per heavy atom. The molecular weight excluding hydrogens is 254 g/mol. The van der Waals surface area contributed by atoms with Gasteiger partial charge in [-0.25, -0.2) is 4.79 Å². The summed E-state index contributed by atoms with van der Waals surface area (Å²) in [6.45, 7) is 7.55. The van der Waals surface area contributed by atoms with Gasteiger partial charge in [-0.05, 0) is 33.3 Å². The summed E-state index contributed by atoms with van der Waals surface area (Å²) in [5.74, 6) is 0.0687. The van der Waals surface area contributed by atoms with Gasteiger partial charge in [0.15, 0.2) is 5.78 Å². The molecule has 1 heterocycles. The standard InChI is InChI=1S/C16H21NO3/c1-15(2)10-13(18)16(3,4)17(15)14(19)20-11-12-8-6-5-7-9-12/h5-9H,10-11H2,1-4H3. The Kier molecular flexibility index (Phi) is 3.59. The van der Waals surface area contributed by atoms with Crippen LogP contribution >= 0.6 is 0 Å². The quantitative estimate of drug-likeness (QED) is 0.833. The van der Waals surface area contributed by atoms with E-state index in [1.807, 2.05) is 44.2 Å². The second-order valence-corrected chi connectivity index (χ2v) is 6.35. The van der Waals surface area contributed by atoms with Crippen LogP contribution in [0.4, 0.5) is 4.79 Å². The molecule has 1 aliphatic rings. The summed E-state index contributed by atoms with van der Waals surface area (Å²) in [6.07, 6.45) is -0.0739. The summed E-state index contributed by atoms with van der Waals surface area (Å²) in [5.41, 5.74) is -0.381. The summed E-state index contributed by atoms with van der Waals surface area (Å²) >= 11 is 0. The van der Waals surface area contributed by atoms with Crippen LogP contribution < -0.4 is 0 Å². The van der Waals surface area contributed by atoms with Crippen molar-refractivity contribution in [2.45, 2.75) is 51.8 Å². The summed E-state index contributed by atoms with van der Waals surface area (Å²) in [4.78, 5) is 26.0. The molecule has 0 N–H and O–H groups in total. The summed E-state index contributed by atoms with van der Waals surface area (Å²) in [6, 6.07) is 9.51. The molecule has 4 nitrogen and oxygen atoms in total. The number of carbonyl (C=O) groups excluding carboxylic acids is 2. The molecule has 4 heteroatoms. The third-order valence-electron chi connectivity index (χ3n) is 3.83. The van der Waals surface area contributed by atoms with Crippen LogP contribution in [0.15, 0.2) is 30.3 Å². The van der Waals surface area contributed by atoms with Crippen LogP contribution in [0.3, 0.4) is 0 Å². The van der Waals surface area contributed by atoms with Gasteiger partial charge >= 0.3 is 6.09 Å². The fourth-order valence-electron chi connectivity index (χ4n) is 2.83. The molecule has 0 aliphatic carbocycles. The van der Waals surface area contributed by atoms with Crippen molar-refractivity contribution in [3.05, 3.63) is 35.9 Å². The van der Waals surface area contributed by atoms with E-state index in [1.165, 1.54) is 0 Å². The van der Waals surface area contributed by atoms with Gasteiger partial charge in [0.2, 0.25) is 0 Å². The maximum Gasteiger partial charge on any atom is 0.411 e. The Balaban J connectivity index is 2.10. The SMILES string of the molecule is CC1(C)CC(=O)C(C)(C)N1C(=O)OCc1ccccc1. The molecule has 1 saturated heterocycles. The van der Waals surface area contributed by atoms with Crippen LogP contribution in [0, 0.1) is 0 Å². The lowest BCUT2D eigenvalue weighted by Gasteiger charge is -2.37. The third kappa shape index (κ3) is 2.55. The van der Waals surface area contributed by atoms with Crippen LogP contribution in [0.5, 0.6) is 0 Å². The van der Waals surface area contributed by atoms with Gasteiger partial charge in [0.25, 0.3) is 0 Å². The maximum atomic E-state index is 12.3. The minimum absolute atomic E-state index is 0.0687. The zero-order valence-corrected chi connectivity index (χ0v) is 12.5. The molecule has 1 fully saturated rings. The normalized spacial score (nSPS) is 20.0. The fourth-order valence-corrected chi connectivity index (χ4v) is 2.83. The lowest BCUT2D eigenvalue weighted by Crippen LogP contribution is -2.53. The number of rotatable bonds is 2. The average Bonchev–Trinajstić information content (AvgIpc) is 2.52. The van der Waals surface area contributed by atoms with Crippen molar-refractivity contribution >= 4 is 11.9 Å². The van der Waals surface area contributed by atoms with Crippen LogP contribution in [0.1, 0.15) is 39.7 Å². The first-order chi connectivity index (χ1) is 9.25. The van der Waals surface area contributed by atoms with Crippen LogP contribution in [-0.2, 0) is 16.1 Å². The van der Waals surface area contributed by atoms with Gasteiger partial charge < -0.3 is 4.74 Å². The molecule has 1 aromatic carbocycles. The lowest BCUT2D eigenvalue weighted by molar-refractivity contribution is -0.123. The third-order valence-corrected chi connectivity index (χ3v) is 3.83. The van der Waals surface area contributed by atoms with E-state index in [4.69, 9.17) is 4.74 Å². The molecule has 0 unspecified atom stereocenters. The number of nitrogens with zero attached hydrogens (tertiary/aromatic N) is 1. The molecule has 2 rings (SSSR count). The maximum absolute atomic E-state index is 12.3. The molecule has 0 spiro atoms. The van der Waals surface area contributed by atoms with E-state index in [0.717, 1.165) is 5.56 Å². The predicted octanol–water partition coefficient (Wildman–Crippen LogP) is 3.16. The zero-order valence-electron chi connectivity index (χ0n) is 12.5. The first kappa shape index (κ1) is 14.6. The number of hydrogen-bond acceptors (Lipinski definition) is 3. The number of ketones is 1. The van der Waals surface area contributed by atoms with Gasteiger partial charge in [-0.2, -0.15) is 0 Å². The fraction of sp³-hybridized carbons (Fsp3) is 0.500. The van der Waals surface area contributed by atoms with E-state index in [2.05, 4.69) is 0 Å². The van der Waals surface area contributed by atoms with E-state index in [1.54, 1.807) is 18.7 Å². The molecule has 108 valence electrons. The Hall–Kier alpha value is -1.84. The van der Waals surface area contributed by atoms with Gasteiger partial charge in [0.1, 0.15) is 6.61 Å². The largest absolute Gasteiger partial charge is 0.445 e. The Bertz CT molecular complexity index is 520. The highest BCUT2D eigenvalue weighted by molar-refractivity contribution is 5.95. The van der Waals surface area contributed by atoms with Gasteiger partial charge in [0, 0.05) is 12.0 Å². The molecule has 1 amide bonds. The monoisotopic (exact) mass is 275 g/mol. The molecule has 0 bridgehead atoms. The molecular formula is C16H21NO3. The number of ether oxygens (including phenoxy) is 1. The minimum Gasteiger partial charge on any atom is -0.445 e. The molecule has 0 radical (unpaired) electrons. The van der Waals surface area contributed by atoms with E-state index >= 15 is 0 Å². The van der Waals surface area contributed by atoms with Gasteiger partial charge in [-0.3, -0.25) is 9.69 Å². The van der Waals surface area contributed by atoms with Crippen molar-refractivity contribution in [3.8, 4) is 0 Å². The Labute approximate surface area is 119 Å². The number of benzene rings is 1. The van der Waals surface area contributed by atoms with Gasteiger partial charge in [0.05, 0.1) is 5.54 Å². The highest BCUT2D eigenvalue weighted by atomic mass is 16.6. The van der Waals surface area contributed by atoms with Crippen LogP contribution in [-0.4, -0.2) is 27.9 Å². The van der Waals surface area contributed by atoms with Crippen molar-refractivity contribution in [2.24, 2.45) is 0 Å². The van der Waals surface area contributed by atoms with E-state index in [9.17, 15) is 9.59 Å². The molecule has 0 atom stereocenters. The minimum atomic E-state index is -0.808. The number of hydrogen-bond donors (Lipinski definition) is 0. The second-order valence-electron chi connectivity index (χ2n) is 6.35. The van der Waals surface area contributed by atoms with Gasteiger partial charge in [-0.1, -0.05) is 30.3 Å². The highest BCUT2D eigenvalue weighted by Crippen LogP contribution is 2.38. The number of carbonyl (C=O) groups is 2. The van der Waals surface area contributed by atoms with E-state index in [-0.39, 0.29) is 12.4 Å².